The van der Waals surface area contributed by atoms with Gasteiger partial charge >= 0.3 is 0 Å². The maximum Gasteiger partial charge on any atom is 0.227 e. The molecule has 22 heavy (non-hydrogen) atoms. The second kappa shape index (κ2) is 6.47. The molecule has 0 spiro atoms. The fourth-order valence-corrected chi connectivity index (χ4v) is 2.65. The number of nitrogens with one attached hydrogen (secondary N) is 1. The molecule has 1 aromatic heterocycles. The van der Waals surface area contributed by atoms with Gasteiger partial charge in [0, 0.05) is 25.2 Å². The molecule has 0 bridgehead atoms. The molecule has 1 atom stereocenters. The highest BCUT2D eigenvalue weighted by Gasteiger charge is 2.34. The first-order valence-corrected chi connectivity index (χ1v) is 7.38. The van der Waals surface area contributed by atoms with Crippen LogP contribution in [0.3, 0.4) is 0 Å². The average molecular weight is 298 g/mol. The van der Waals surface area contributed by atoms with E-state index in [9.17, 15) is 9.59 Å². The van der Waals surface area contributed by atoms with Crippen LogP contribution in [-0.4, -0.2) is 24.9 Å². The van der Waals surface area contributed by atoms with Crippen molar-refractivity contribution in [2.45, 2.75) is 12.8 Å². The van der Waals surface area contributed by atoms with Crippen LogP contribution in [0, 0.1) is 5.92 Å². The van der Waals surface area contributed by atoms with E-state index in [1.807, 2.05) is 36.4 Å². The van der Waals surface area contributed by atoms with E-state index in [0.717, 1.165) is 17.7 Å². The Morgan fingerprint density at radius 1 is 1.27 bits per heavy atom. The molecule has 5 nitrogen and oxygen atoms in total. The Kier molecular flexibility index (Phi) is 4.23. The summed E-state index contributed by atoms with van der Waals surface area (Å²) in [7, 11) is 0. The van der Waals surface area contributed by atoms with Crippen LogP contribution in [0.25, 0.3) is 0 Å². The highest BCUT2D eigenvalue weighted by Crippen LogP contribution is 2.24. The molecule has 1 aliphatic heterocycles. The zero-order chi connectivity index (χ0) is 15.4. The summed E-state index contributed by atoms with van der Waals surface area (Å²) in [4.78, 5) is 25.9. The molecule has 1 fully saturated rings. The van der Waals surface area contributed by atoms with E-state index in [2.05, 4.69) is 5.32 Å². The topological polar surface area (TPSA) is 62.6 Å². The predicted octanol–water partition coefficient (Wildman–Crippen LogP) is 1.99. The summed E-state index contributed by atoms with van der Waals surface area (Å²) >= 11 is 0. The van der Waals surface area contributed by atoms with Gasteiger partial charge in [-0.3, -0.25) is 9.59 Å². The third kappa shape index (κ3) is 3.19. The maximum atomic E-state index is 12.2. The standard InChI is InChI=1S/C17H18N2O3/c20-16-10-14(11-19(16)15-4-2-1-3-5-15)17(21)18-8-6-13-7-9-22-12-13/h1-5,7,9,12,14H,6,8,10-11H2,(H,18,21). The number of nitrogens with zero attached hydrogens (tertiary/aromatic N) is 1. The first-order valence-electron chi connectivity index (χ1n) is 7.38. The van der Waals surface area contributed by atoms with E-state index >= 15 is 0 Å². The number of furan rings is 1. The molecule has 0 aliphatic carbocycles. The SMILES string of the molecule is O=C(NCCc1ccoc1)C1CC(=O)N(c2ccccc2)C1. The molecule has 2 aromatic rings. The van der Waals surface area contributed by atoms with E-state index in [1.165, 1.54) is 0 Å². The Morgan fingerprint density at radius 3 is 2.82 bits per heavy atom. The van der Waals surface area contributed by atoms with Crippen LogP contribution >= 0.6 is 0 Å². The second-order valence-electron chi connectivity index (χ2n) is 5.41. The molecule has 5 heteroatoms. The van der Waals surface area contributed by atoms with Gasteiger partial charge < -0.3 is 14.6 Å². The molecular formula is C17H18N2O3. The van der Waals surface area contributed by atoms with E-state index in [4.69, 9.17) is 4.42 Å². The lowest BCUT2D eigenvalue weighted by atomic mass is 10.1. The van der Waals surface area contributed by atoms with Gasteiger partial charge in [0.1, 0.15) is 0 Å². The van der Waals surface area contributed by atoms with Gasteiger partial charge in [0.05, 0.1) is 18.4 Å². The number of anilines is 1. The first-order chi connectivity index (χ1) is 10.7. The molecule has 0 saturated carbocycles. The van der Waals surface area contributed by atoms with E-state index in [-0.39, 0.29) is 24.2 Å². The van der Waals surface area contributed by atoms with Crippen molar-refractivity contribution in [1.29, 1.82) is 0 Å². The number of amides is 2. The molecule has 1 N–H and O–H groups in total. The second-order valence-corrected chi connectivity index (χ2v) is 5.41. The molecular weight excluding hydrogens is 280 g/mol. The fraction of sp³-hybridized carbons (Fsp3) is 0.294. The third-order valence-electron chi connectivity index (χ3n) is 3.86. The fourth-order valence-electron chi connectivity index (χ4n) is 2.65. The van der Waals surface area contributed by atoms with Gasteiger partial charge in [-0.25, -0.2) is 0 Å². The first kappa shape index (κ1) is 14.4. The van der Waals surface area contributed by atoms with Gasteiger partial charge in [-0.05, 0) is 30.2 Å². The van der Waals surface area contributed by atoms with E-state index in [1.54, 1.807) is 17.4 Å². The van der Waals surface area contributed by atoms with Gasteiger partial charge in [0.15, 0.2) is 0 Å². The molecule has 1 unspecified atom stereocenters. The number of carbonyl (C=O) groups excluding carboxylic acids is 2. The van der Waals surface area contributed by atoms with Crippen LogP contribution in [0.15, 0.2) is 53.3 Å². The number of hydrogen-bond donors (Lipinski definition) is 1. The number of hydrogen-bond acceptors (Lipinski definition) is 3. The van der Waals surface area contributed by atoms with Crippen LogP contribution in [0.1, 0.15) is 12.0 Å². The summed E-state index contributed by atoms with van der Waals surface area (Å²) in [5.41, 5.74) is 1.90. The summed E-state index contributed by atoms with van der Waals surface area (Å²) in [5, 5.41) is 2.90. The number of benzene rings is 1. The van der Waals surface area contributed by atoms with Crippen molar-refractivity contribution in [2.75, 3.05) is 18.0 Å². The Bertz CT molecular complexity index is 637. The van der Waals surface area contributed by atoms with Crippen molar-refractivity contribution in [3.63, 3.8) is 0 Å². The van der Waals surface area contributed by atoms with Crippen molar-refractivity contribution in [2.24, 2.45) is 5.92 Å². The van der Waals surface area contributed by atoms with Crippen LogP contribution in [0.5, 0.6) is 0 Å². The van der Waals surface area contributed by atoms with Crippen molar-refractivity contribution in [3.05, 3.63) is 54.5 Å². The smallest absolute Gasteiger partial charge is 0.227 e. The summed E-state index contributed by atoms with van der Waals surface area (Å²) in [6, 6.07) is 11.3. The van der Waals surface area contributed by atoms with Crippen LogP contribution < -0.4 is 10.2 Å². The van der Waals surface area contributed by atoms with Gasteiger partial charge in [0.2, 0.25) is 11.8 Å². The third-order valence-corrected chi connectivity index (χ3v) is 3.86. The number of para-hydroxylation sites is 1. The molecule has 2 heterocycles. The Balaban J connectivity index is 1.53. The molecule has 3 rings (SSSR count). The predicted molar refractivity (Wildman–Crippen MR) is 82.3 cm³/mol. The zero-order valence-electron chi connectivity index (χ0n) is 12.2. The minimum atomic E-state index is -0.281. The molecule has 114 valence electrons. The van der Waals surface area contributed by atoms with Gasteiger partial charge in [-0.15, -0.1) is 0 Å². The minimum Gasteiger partial charge on any atom is -0.472 e. The summed E-state index contributed by atoms with van der Waals surface area (Å²) in [6.45, 7) is 0.995. The lowest BCUT2D eigenvalue weighted by Gasteiger charge is -2.16. The zero-order valence-corrected chi connectivity index (χ0v) is 12.2. The highest BCUT2D eigenvalue weighted by atomic mass is 16.3. The Hall–Kier alpha value is -2.56. The van der Waals surface area contributed by atoms with Gasteiger partial charge in [-0.2, -0.15) is 0 Å². The normalized spacial score (nSPS) is 17.7. The van der Waals surface area contributed by atoms with Gasteiger partial charge in [0.25, 0.3) is 0 Å². The van der Waals surface area contributed by atoms with Crippen molar-refractivity contribution < 1.29 is 14.0 Å². The minimum absolute atomic E-state index is 0.00110. The molecule has 2 amide bonds. The summed E-state index contributed by atoms with van der Waals surface area (Å²) < 4.78 is 4.98. The largest absolute Gasteiger partial charge is 0.472 e. The molecule has 1 saturated heterocycles. The van der Waals surface area contributed by atoms with Crippen LogP contribution in [-0.2, 0) is 16.0 Å². The Morgan fingerprint density at radius 2 is 2.09 bits per heavy atom. The average Bonchev–Trinajstić information content (AvgIpc) is 3.17. The highest BCUT2D eigenvalue weighted by molar-refractivity contribution is 6.00. The number of rotatable bonds is 5. The molecule has 1 aliphatic rings. The van der Waals surface area contributed by atoms with Crippen molar-refractivity contribution in [3.8, 4) is 0 Å². The van der Waals surface area contributed by atoms with E-state index < -0.39 is 0 Å². The lowest BCUT2D eigenvalue weighted by Crippen LogP contribution is -2.34. The maximum absolute atomic E-state index is 12.2. The molecule has 1 aromatic carbocycles. The Labute approximate surface area is 128 Å². The summed E-state index contributed by atoms with van der Waals surface area (Å²) in [5.74, 6) is -0.339. The van der Waals surface area contributed by atoms with Gasteiger partial charge in [-0.1, -0.05) is 18.2 Å². The van der Waals surface area contributed by atoms with Crippen molar-refractivity contribution in [1.82, 2.24) is 5.32 Å². The van der Waals surface area contributed by atoms with Crippen LogP contribution in [0.4, 0.5) is 5.69 Å². The molecule has 0 radical (unpaired) electrons. The van der Waals surface area contributed by atoms with Crippen molar-refractivity contribution >= 4 is 17.5 Å². The van der Waals surface area contributed by atoms with Crippen LogP contribution in [0.2, 0.25) is 0 Å². The summed E-state index contributed by atoms with van der Waals surface area (Å²) in [6.07, 6.45) is 4.28. The monoisotopic (exact) mass is 298 g/mol. The number of carbonyl (C=O) groups is 2. The quantitative estimate of drug-likeness (QED) is 0.918. The van der Waals surface area contributed by atoms with E-state index in [0.29, 0.717) is 13.1 Å². The lowest BCUT2D eigenvalue weighted by molar-refractivity contribution is -0.126.